The molecule has 1 N–H and O–H groups in total. The van der Waals surface area contributed by atoms with Crippen molar-refractivity contribution in [2.45, 2.75) is 52.9 Å². The van der Waals surface area contributed by atoms with E-state index < -0.39 is 6.10 Å². The zero-order chi connectivity index (χ0) is 15.2. The molecular weight excluding hydrogens is 270 g/mol. The maximum Gasteiger partial charge on any atom is 0.0900 e. The summed E-state index contributed by atoms with van der Waals surface area (Å²) in [5, 5.41) is 14.4. The van der Waals surface area contributed by atoms with E-state index in [4.69, 9.17) is 4.74 Å². The van der Waals surface area contributed by atoms with Gasteiger partial charge in [0.1, 0.15) is 0 Å². The molecule has 3 nitrogen and oxygen atoms in total. The quantitative estimate of drug-likeness (QED) is 0.799. The van der Waals surface area contributed by atoms with Crippen molar-refractivity contribution in [2.75, 3.05) is 19.7 Å². The van der Waals surface area contributed by atoms with Gasteiger partial charge < -0.3 is 9.84 Å². The standard InChI is InChI=1S/C16H29NO2S/c1-13(2)8-17(9-14-6-7-20-12-14)10-15(18)11-19-16(3,4)5/h6-7,12-13,15,18H,8-11H2,1-5H3. The second-order valence-corrected chi connectivity index (χ2v) is 7.58. The molecular formula is C16H29NO2S. The molecule has 116 valence electrons. The van der Waals surface area contributed by atoms with Crippen molar-refractivity contribution in [3.63, 3.8) is 0 Å². The van der Waals surface area contributed by atoms with E-state index in [1.54, 1.807) is 11.3 Å². The van der Waals surface area contributed by atoms with E-state index >= 15 is 0 Å². The van der Waals surface area contributed by atoms with Crippen molar-refractivity contribution in [3.8, 4) is 0 Å². The van der Waals surface area contributed by atoms with Crippen LogP contribution in [0.4, 0.5) is 0 Å². The highest BCUT2D eigenvalue weighted by Crippen LogP contribution is 2.13. The van der Waals surface area contributed by atoms with Crippen LogP contribution in [0, 0.1) is 5.92 Å². The molecule has 0 saturated carbocycles. The second-order valence-electron chi connectivity index (χ2n) is 6.80. The third kappa shape index (κ3) is 8.00. The summed E-state index contributed by atoms with van der Waals surface area (Å²) in [7, 11) is 0. The zero-order valence-electron chi connectivity index (χ0n) is 13.4. The Morgan fingerprint density at radius 2 is 2.00 bits per heavy atom. The maximum atomic E-state index is 10.2. The molecule has 20 heavy (non-hydrogen) atoms. The molecule has 0 aliphatic heterocycles. The molecule has 0 fully saturated rings. The first-order valence-corrected chi connectivity index (χ1v) is 8.26. The van der Waals surface area contributed by atoms with Crippen LogP contribution in [-0.4, -0.2) is 41.4 Å². The van der Waals surface area contributed by atoms with Crippen molar-refractivity contribution in [2.24, 2.45) is 5.92 Å². The van der Waals surface area contributed by atoms with Gasteiger partial charge in [-0.1, -0.05) is 13.8 Å². The molecule has 0 bridgehead atoms. The predicted octanol–water partition coefficient (Wildman–Crippen LogP) is 3.38. The van der Waals surface area contributed by atoms with Crippen molar-refractivity contribution >= 4 is 11.3 Å². The molecule has 1 heterocycles. The molecule has 1 aromatic rings. The maximum absolute atomic E-state index is 10.2. The summed E-state index contributed by atoms with van der Waals surface area (Å²) in [6.07, 6.45) is -0.438. The Labute approximate surface area is 127 Å². The van der Waals surface area contributed by atoms with Crippen LogP contribution in [0.2, 0.25) is 0 Å². The zero-order valence-corrected chi connectivity index (χ0v) is 14.2. The molecule has 4 heteroatoms. The van der Waals surface area contributed by atoms with Gasteiger partial charge in [0.15, 0.2) is 0 Å². The lowest BCUT2D eigenvalue weighted by Crippen LogP contribution is -2.38. The Hall–Kier alpha value is -0.420. The fourth-order valence-electron chi connectivity index (χ4n) is 2.06. The fourth-order valence-corrected chi connectivity index (χ4v) is 2.72. The van der Waals surface area contributed by atoms with Crippen LogP contribution in [0.1, 0.15) is 40.2 Å². The SMILES string of the molecule is CC(C)CN(Cc1ccsc1)CC(O)COC(C)(C)C. The number of hydrogen-bond acceptors (Lipinski definition) is 4. The first-order chi connectivity index (χ1) is 9.26. The molecule has 1 rings (SSSR count). The van der Waals surface area contributed by atoms with Crippen LogP contribution < -0.4 is 0 Å². The van der Waals surface area contributed by atoms with Crippen LogP contribution in [0.25, 0.3) is 0 Å². The van der Waals surface area contributed by atoms with E-state index in [2.05, 4.69) is 35.6 Å². The molecule has 0 amide bonds. The summed E-state index contributed by atoms with van der Waals surface area (Å²) in [6.45, 7) is 13.4. The average molecular weight is 299 g/mol. The summed E-state index contributed by atoms with van der Waals surface area (Å²) < 4.78 is 5.66. The first-order valence-electron chi connectivity index (χ1n) is 7.31. The summed E-state index contributed by atoms with van der Waals surface area (Å²) in [6, 6.07) is 2.15. The number of ether oxygens (including phenoxy) is 1. The van der Waals surface area contributed by atoms with Gasteiger partial charge in [0, 0.05) is 19.6 Å². The van der Waals surface area contributed by atoms with Crippen LogP contribution in [0.15, 0.2) is 16.8 Å². The highest BCUT2D eigenvalue weighted by Gasteiger charge is 2.17. The summed E-state index contributed by atoms with van der Waals surface area (Å²) >= 11 is 1.72. The topological polar surface area (TPSA) is 32.7 Å². The molecule has 0 spiro atoms. The molecule has 1 atom stereocenters. The smallest absolute Gasteiger partial charge is 0.0900 e. The molecule has 0 radical (unpaired) electrons. The van der Waals surface area contributed by atoms with Crippen LogP contribution in [-0.2, 0) is 11.3 Å². The van der Waals surface area contributed by atoms with Gasteiger partial charge in [0.25, 0.3) is 0 Å². The molecule has 1 unspecified atom stereocenters. The van der Waals surface area contributed by atoms with Crippen molar-refractivity contribution in [3.05, 3.63) is 22.4 Å². The number of aliphatic hydroxyl groups excluding tert-OH is 1. The monoisotopic (exact) mass is 299 g/mol. The number of thiophene rings is 1. The number of hydrogen-bond donors (Lipinski definition) is 1. The lowest BCUT2D eigenvalue weighted by Gasteiger charge is -2.28. The summed E-state index contributed by atoms with van der Waals surface area (Å²) in [5.41, 5.74) is 1.12. The Kier molecular flexibility index (Phi) is 7.17. The van der Waals surface area contributed by atoms with E-state index in [1.807, 2.05) is 20.8 Å². The fraction of sp³-hybridized carbons (Fsp3) is 0.750. The van der Waals surface area contributed by atoms with Gasteiger partial charge >= 0.3 is 0 Å². The third-order valence-electron chi connectivity index (χ3n) is 2.79. The van der Waals surface area contributed by atoms with Gasteiger partial charge in [-0.3, -0.25) is 4.90 Å². The van der Waals surface area contributed by atoms with Gasteiger partial charge in [0.05, 0.1) is 18.3 Å². The van der Waals surface area contributed by atoms with Crippen molar-refractivity contribution in [1.82, 2.24) is 4.90 Å². The molecule has 1 aromatic heterocycles. The Bertz CT molecular complexity index is 357. The van der Waals surface area contributed by atoms with Gasteiger partial charge in [-0.25, -0.2) is 0 Å². The first kappa shape index (κ1) is 17.6. The third-order valence-corrected chi connectivity index (χ3v) is 3.52. The largest absolute Gasteiger partial charge is 0.389 e. The highest BCUT2D eigenvalue weighted by molar-refractivity contribution is 7.07. The van der Waals surface area contributed by atoms with E-state index in [-0.39, 0.29) is 5.60 Å². The van der Waals surface area contributed by atoms with Gasteiger partial charge in [0.2, 0.25) is 0 Å². The number of aliphatic hydroxyl groups is 1. The van der Waals surface area contributed by atoms with E-state index in [1.165, 1.54) is 5.56 Å². The van der Waals surface area contributed by atoms with Crippen LogP contribution in [0.3, 0.4) is 0 Å². The van der Waals surface area contributed by atoms with Crippen LogP contribution >= 0.6 is 11.3 Å². The minimum Gasteiger partial charge on any atom is -0.389 e. The summed E-state index contributed by atoms with van der Waals surface area (Å²) in [5.74, 6) is 0.587. The Morgan fingerprint density at radius 1 is 1.30 bits per heavy atom. The van der Waals surface area contributed by atoms with Crippen molar-refractivity contribution in [1.29, 1.82) is 0 Å². The molecule has 0 saturated heterocycles. The molecule has 0 aromatic carbocycles. The number of rotatable bonds is 8. The van der Waals surface area contributed by atoms with Gasteiger partial charge in [-0.05, 0) is 49.1 Å². The van der Waals surface area contributed by atoms with E-state index in [9.17, 15) is 5.11 Å². The van der Waals surface area contributed by atoms with Gasteiger partial charge in [-0.15, -0.1) is 0 Å². The normalized spacial score (nSPS) is 14.2. The summed E-state index contributed by atoms with van der Waals surface area (Å²) in [4.78, 5) is 2.31. The van der Waals surface area contributed by atoms with Crippen LogP contribution in [0.5, 0.6) is 0 Å². The number of nitrogens with zero attached hydrogens (tertiary/aromatic N) is 1. The highest BCUT2D eigenvalue weighted by atomic mass is 32.1. The van der Waals surface area contributed by atoms with Gasteiger partial charge in [-0.2, -0.15) is 11.3 Å². The molecule has 0 aliphatic carbocycles. The minimum absolute atomic E-state index is 0.197. The van der Waals surface area contributed by atoms with E-state index in [0.29, 0.717) is 19.1 Å². The Balaban J connectivity index is 2.47. The lowest BCUT2D eigenvalue weighted by molar-refractivity contribution is -0.0572. The van der Waals surface area contributed by atoms with Crippen molar-refractivity contribution < 1.29 is 9.84 Å². The lowest BCUT2D eigenvalue weighted by atomic mass is 10.1. The van der Waals surface area contributed by atoms with E-state index in [0.717, 1.165) is 13.1 Å². The molecule has 0 aliphatic rings. The Morgan fingerprint density at radius 3 is 2.50 bits per heavy atom. The minimum atomic E-state index is -0.438. The second kappa shape index (κ2) is 8.13. The average Bonchev–Trinajstić information content (AvgIpc) is 2.77. The predicted molar refractivity (Wildman–Crippen MR) is 86.1 cm³/mol.